The molecule has 6 heteroatoms. The Morgan fingerprint density at radius 2 is 1.82 bits per heavy atom. The van der Waals surface area contributed by atoms with Gasteiger partial charge in [-0.2, -0.15) is 0 Å². The number of benzene rings is 2. The average Bonchev–Trinajstić information content (AvgIpc) is 3.23. The second kappa shape index (κ2) is 10.1. The molecule has 2 heterocycles. The highest BCUT2D eigenvalue weighted by Gasteiger charge is 2.22. The number of pyridine rings is 1. The van der Waals surface area contributed by atoms with Gasteiger partial charge in [0.25, 0.3) is 11.8 Å². The summed E-state index contributed by atoms with van der Waals surface area (Å²) in [4.78, 5) is 31.6. The zero-order valence-corrected chi connectivity index (χ0v) is 18.9. The number of rotatable bonds is 8. The Bertz CT molecular complexity index is 1230. The number of nitrogens with one attached hydrogen (secondary N) is 1. The Morgan fingerprint density at radius 3 is 2.58 bits per heavy atom. The summed E-state index contributed by atoms with van der Waals surface area (Å²) in [6.07, 6.45) is 4.92. The molecule has 2 amide bonds. The van der Waals surface area contributed by atoms with E-state index in [4.69, 9.17) is 0 Å². The van der Waals surface area contributed by atoms with Gasteiger partial charge in [-0.3, -0.25) is 14.6 Å². The molecule has 6 nitrogen and oxygen atoms in total. The van der Waals surface area contributed by atoms with E-state index in [1.807, 2.05) is 67.3 Å². The maximum absolute atomic E-state index is 13.4. The molecular weight excluding hydrogens is 412 g/mol. The number of nitrogens with zero attached hydrogens (tertiary/aromatic N) is 3. The summed E-state index contributed by atoms with van der Waals surface area (Å²) in [5.74, 6) is -0.240. The van der Waals surface area contributed by atoms with Crippen LogP contribution >= 0.6 is 0 Å². The smallest absolute Gasteiger partial charge is 0.269 e. The molecule has 0 bridgehead atoms. The van der Waals surface area contributed by atoms with Gasteiger partial charge in [-0.05, 0) is 54.8 Å². The van der Waals surface area contributed by atoms with Crippen LogP contribution in [0.2, 0.25) is 0 Å². The largest absolute Gasteiger partial charge is 0.351 e. The monoisotopic (exact) mass is 440 g/mol. The average molecular weight is 441 g/mol. The van der Waals surface area contributed by atoms with Crippen molar-refractivity contribution in [1.82, 2.24) is 19.8 Å². The summed E-state index contributed by atoms with van der Waals surface area (Å²) >= 11 is 0. The molecule has 33 heavy (non-hydrogen) atoms. The number of likely N-dealkylation sites (N-methyl/N-ethyl adjacent to an activating group) is 1. The van der Waals surface area contributed by atoms with Gasteiger partial charge in [0.15, 0.2) is 0 Å². The molecule has 0 spiro atoms. The predicted molar refractivity (Wildman–Crippen MR) is 130 cm³/mol. The second-order valence-corrected chi connectivity index (χ2v) is 8.22. The van der Waals surface area contributed by atoms with E-state index in [1.54, 1.807) is 29.3 Å². The van der Waals surface area contributed by atoms with E-state index in [-0.39, 0.29) is 17.9 Å². The zero-order valence-electron chi connectivity index (χ0n) is 18.9. The lowest BCUT2D eigenvalue weighted by Crippen LogP contribution is -2.41. The maximum Gasteiger partial charge on any atom is 0.269 e. The van der Waals surface area contributed by atoms with Crippen LogP contribution in [-0.2, 0) is 13.5 Å². The summed E-state index contributed by atoms with van der Waals surface area (Å²) in [5, 5.41) is 3.97. The molecule has 168 valence electrons. The van der Waals surface area contributed by atoms with Crippen LogP contribution in [0.3, 0.4) is 0 Å². The third-order valence-electron chi connectivity index (χ3n) is 5.98. The number of aryl methyl sites for hydroxylation is 1. The molecule has 1 N–H and O–H groups in total. The fourth-order valence-electron chi connectivity index (χ4n) is 4.04. The van der Waals surface area contributed by atoms with Crippen molar-refractivity contribution in [3.63, 3.8) is 0 Å². The minimum absolute atomic E-state index is 0.0299. The van der Waals surface area contributed by atoms with Gasteiger partial charge in [0.2, 0.25) is 0 Å². The topological polar surface area (TPSA) is 67.2 Å². The Morgan fingerprint density at radius 1 is 1.03 bits per heavy atom. The van der Waals surface area contributed by atoms with E-state index in [2.05, 4.69) is 22.4 Å². The summed E-state index contributed by atoms with van der Waals surface area (Å²) in [5.41, 5.74) is 3.29. The minimum Gasteiger partial charge on any atom is -0.351 e. The molecule has 0 unspecified atom stereocenters. The molecule has 0 aliphatic carbocycles. The third kappa shape index (κ3) is 5.29. The van der Waals surface area contributed by atoms with E-state index in [9.17, 15) is 9.59 Å². The number of amides is 2. The van der Waals surface area contributed by atoms with E-state index >= 15 is 0 Å². The highest BCUT2D eigenvalue weighted by atomic mass is 16.2. The van der Waals surface area contributed by atoms with Crippen LogP contribution in [0.5, 0.6) is 0 Å². The zero-order chi connectivity index (χ0) is 23.2. The molecule has 0 fully saturated rings. The fraction of sp³-hybridized carbons (Fsp3) is 0.222. The molecule has 4 aromatic rings. The molecule has 0 aliphatic heterocycles. The van der Waals surface area contributed by atoms with Crippen LogP contribution in [0.4, 0.5) is 0 Å². The van der Waals surface area contributed by atoms with Gasteiger partial charge in [-0.1, -0.05) is 36.4 Å². The lowest BCUT2D eigenvalue weighted by Gasteiger charge is -2.29. The van der Waals surface area contributed by atoms with Crippen molar-refractivity contribution in [3.05, 3.63) is 102 Å². The van der Waals surface area contributed by atoms with Gasteiger partial charge in [0.05, 0.1) is 0 Å². The Labute approximate surface area is 193 Å². The summed E-state index contributed by atoms with van der Waals surface area (Å²) in [7, 11) is 3.83. The van der Waals surface area contributed by atoms with Crippen molar-refractivity contribution in [3.8, 4) is 0 Å². The highest BCUT2D eigenvalue weighted by Crippen LogP contribution is 2.20. The van der Waals surface area contributed by atoms with Crippen LogP contribution in [0.15, 0.2) is 85.2 Å². The van der Waals surface area contributed by atoms with Crippen molar-refractivity contribution >= 4 is 22.7 Å². The Kier molecular flexibility index (Phi) is 6.83. The van der Waals surface area contributed by atoms with Gasteiger partial charge in [0, 0.05) is 55.5 Å². The number of carbonyl (C=O) groups excluding carboxylic acids is 2. The molecule has 4 rings (SSSR count). The van der Waals surface area contributed by atoms with Crippen molar-refractivity contribution in [1.29, 1.82) is 0 Å². The second-order valence-electron chi connectivity index (χ2n) is 8.22. The first kappa shape index (κ1) is 22.3. The Hall–Kier alpha value is -3.93. The molecule has 2 aromatic heterocycles. The van der Waals surface area contributed by atoms with Crippen LogP contribution in [0.1, 0.15) is 32.8 Å². The molecule has 0 saturated heterocycles. The summed E-state index contributed by atoms with van der Waals surface area (Å²) in [6.45, 7) is 0.447. The van der Waals surface area contributed by atoms with Crippen LogP contribution in [0.25, 0.3) is 10.9 Å². The first-order valence-corrected chi connectivity index (χ1v) is 11.1. The van der Waals surface area contributed by atoms with Crippen LogP contribution < -0.4 is 5.32 Å². The first-order valence-electron chi connectivity index (χ1n) is 11.1. The standard InChI is InChI=1S/C27H28N4O2/c1-30-17-14-21-19-22(11-12-25(21)30)27(33)31(2)23(18-20-8-4-3-5-9-20)13-16-29-26(32)24-10-6-7-15-28-24/h3-12,14-15,17,19,23H,13,16,18H2,1-2H3,(H,29,32)/t23-/m1/s1. The normalized spacial score (nSPS) is 11.8. The van der Waals surface area contributed by atoms with E-state index in [0.717, 1.165) is 16.5 Å². The summed E-state index contributed by atoms with van der Waals surface area (Å²) < 4.78 is 2.04. The van der Waals surface area contributed by atoms with Crippen LogP contribution in [0, 0.1) is 0 Å². The van der Waals surface area contributed by atoms with E-state index in [1.165, 1.54) is 0 Å². The first-order chi connectivity index (χ1) is 16.0. The molecule has 0 radical (unpaired) electrons. The lowest BCUT2D eigenvalue weighted by atomic mass is 10.0. The number of hydrogen-bond donors (Lipinski definition) is 1. The molecular formula is C27H28N4O2. The molecule has 0 aliphatic rings. The van der Waals surface area contributed by atoms with Crippen LogP contribution in [-0.4, -0.2) is 45.9 Å². The summed E-state index contributed by atoms with van der Waals surface area (Å²) in [6, 6.07) is 23.1. The number of fused-ring (bicyclic) bond motifs is 1. The highest BCUT2D eigenvalue weighted by molar-refractivity contribution is 5.98. The number of aromatic nitrogens is 2. The molecule has 0 saturated carbocycles. The maximum atomic E-state index is 13.4. The molecule has 2 aromatic carbocycles. The van der Waals surface area contributed by atoms with Crippen molar-refractivity contribution in [2.24, 2.45) is 7.05 Å². The number of carbonyl (C=O) groups is 2. The molecule has 1 atom stereocenters. The predicted octanol–water partition coefficient (Wildman–Crippen LogP) is 4.08. The fourth-order valence-corrected chi connectivity index (χ4v) is 4.04. The van der Waals surface area contributed by atoms with Gasteiger partial charge in [0.1, 0.15) is 5.69 Å². The SMILES string of the molecule is CN(C(=O)c1ccc2c(ccn2C)c1)[C@H](CCNC(=O)c1ccccn1)Cc1ccccc1. The quantitative estimate of drug-likeness (QED) is 0.449. The minimum atomic E-state index is -0.211. The van der Waals surface area contributed by atoms with Crippen molar-refractivity contribution in [2.75, 3.05) is 13.6 Å². The van der Waals surface area contributed by atoms with Crippen molar-refractivity contribution < 1.29 is 9.59 Å². The van der Waals surface area contributed by atoms with Gasteiger partial charge < -0.3 is 14.8 Å². The van der Waals surface area contributed by atoms with E-state index < -0.39 is 0 Å². The van der Waals surface area contributed by atoms with Crippen molar-refractivity contribution in [2.45, 2.75) is 18.9 Å². The van der Waals surface area contributed by atoms with Gasteiger partial charge in [-0.15, -0.1) is 0 Å². The van der Waals surface area contributed by atoms with E-state index in [0.29, 0.717) is 30.6 Å². The third-order valence-corrected chi connectivity index (χ3v) is 5.98. The van der Waals surface area contributed by atoms with Gasteiger partial charge in [-0.25, -0.2) is 0 Å². The Balaban J connectivity index is 1.48. The number of hydrogen-bond acceptors (Lipinski definition) is 3. The van der Waals surface area contributed by atoms with Gasteiger partial charge >= 0.3 is 0 Å². The lowest BCUT2D eigenvalue weighted by molar-refractivity contribution is 0.0723.